The maximum Gasteiger partial charge on any atom is 0.0934 e. The molecule has 1 atom stereocenters. The number of nitrogens with zero attached hydrogens (tertiary/aromatic N) is 2. The lowest BCUT2D eigenvalue weighted by atomic mass is 10.0. The number of hydrogen-bond donors (Lipinski definition) is 1. The lowest BCUT2D eigenvalue weighted by molar-refractivity contribution is 0.562. The van der Waals surface area contributed by atoms with Crippen molar-refractivity contribution in [3.05, 3.63) is 48.8 Å². The standard InChI is InChI=1S/C14H17N3/c1-3-6-12(15-4-2)11-7-5-8-13-14(11)17-10-9-16-13/h3,5,7-10,12,15H,1,4,6H2,2H3. The SMILES string of the molecule is C=CCC(NCC)c1cccc2nccnc12. The normalized spacial score (nSPS) is 12.5. The molecule has 0 aliphatic rings. The van der Waals surface area contributed by atoms with E-state index in [-0.39, 0.29) is 6.04 Å². The number of para-hydroxylation sites is 1. The van der Waals surface area contributed by atoms with Crippen LogP contribution in [0.3, 0.4) is 0 Å². The van der Waals surface area contributed by atoms with Crippen molar-refractivity contribution in [3.63, 3.8) is 0 Å². The number of benzene rings is 1. The van der Waals surface area contributed by atoms with Crippen LogP contribution in [0.25, 0.3) is 11.0 Å². The Kier molecular flexibility index (Phi) is 3.83. The van der Waals surface area contributed by atoms with E-state index in [0.29, 0.717) is 0 Å². The van der Waals surface area contributed by atoms with Gasteiger partial charge in [-0.15, -0.1) is 6.58 Å². The van der Waals surface area contributed by atoms with Crippen molar-refractivity contribution >= 4 is 11.0 Å². The molecule has 3 nitrogen and oxygen atoms in total. The van der Waals surface area contributed by atoms with E-state index < -0.39 is 0 Å². The van der Waals surface area contributed by atoms with Crippen LogP contribution in [0.4, 0.5) is 0 Å². The molecule has 1 unspecified atom stereocenters. The topological polar surface area (TPSA) is 37.8 Å². The molecule has 0 spiro atoms. The van der Waals surface area contributed by atoms with Crippen molar-refractivity contribution in [2.24, 2.45) is 0 Å². The van der Waals surface area contributed by atoms with Gasteiger partial charge in [-0.05, 0) is 24.6 Å². The maximum absolute atomic E-state index is 4.43. The predicted octanol–water partition coefficient (Wildman–Crippen LogP) is 2.86. The molecule has 1 heterocycles. The molecule has 0 amide bonds. The second-order valence-corrected chi connectivity index (χ2v) is 3.91. The second kappa shape index (κ2) is 5.55. The third-order valence-corrected chi connectivity index (χ3v) is 2.76. The van der Waals surface area contributed by atoms with Gasteiger partial charge in [-0.25, -0.2) is 0 Å². The smallest absolute Gasteiger partial charge is 0.0934 e. The monoisotopic (exact) mass is 227 g/mol. The van der Waals surface area contributed by atoms with Crippen LogP contribution in [0.1, 0.15) is 24.9 Å². The summed E-state index contributed by atoms with van der Waals surface area (Å²) in [5, 5.41) is 3.45. The fourth-order valence-electron chi connectivity index (χ4n) is 2.03. The van der Waals surface area contributed by atoms with Gasteiger partial charge in [0, 0.05) is 18.4 Å². The van der Waals surface area contributed by atoms with E-state index in [1.165, 1.54) is 5.56 Å². The number of fused-ring (bicyclic) bond motifs is 1. The number of nitrogens with one attached hydrogen (secondary N) is 1. The third-order valence-electron chi connectivity index (χ3n) is 2.76. The zero-order valence-electron chi connectivity index (χ0n) is 10.1. The molecule has 1 N–H and O–H groups in total. The highest BCUT2D eigenvalue weighted by molar-refractivity contribution is 5.78. The van der Waals surface area contributed by atoms with Gasteiger partial charge in [-0.2, -0.15) is 0 Å². The van der Waals surface area contributed by atoms with Crippen molar-refractivity contribution in [1.82, 2.24) is 15.3 Å². The summed E-state index contributed by atoms with van der Waals surface area (Å²) < 4.78 is 0. The molecule has 1 aromatic heterocycles. The lowest BCUT2D eigenvalue weighted by Gasteiger charge is -2.17. The summed E-state index contributed by atoms with van der Waals surface area (Å²) in [4.78, 5) is 8.76. The molecule has 17 heavy (non-hydrogen) atoms. The van der Waals surface area contributed by atoms with E-state index in [4.69, 9.17) is 0 Å². The van der Waals surface area contributed by atoms with Crippen LogP contribution in [-0.4, -0.2) is 16.5 Å². The average molecular weight is 227 g/mol. The van der Waals surface area contributed by atoms with Gasteiger partial charge < -0.3 is 5.32 Å². The van der Waals surface area contributed by atoms with Crippen LogP contribution in [0, 0.1) is 0 Å². The van der Waals surface area contributed by atoms with E-state index in [1.807, 2.05) is 18.2 Å². The van der Waals surface area contributed by atoms with E-state index in [9.17, 15) is 0 Å². The third kappa shape index (κ3) is 2.50. The van der Waals surface area contributed by atoms with Crippen LogP contribution >= 0.6 is 0 Å². The molecule has 0 radical (unpaired) electrons. The summed E-state index contributed by atoms with van der Waals surface area (Å²) in [5.74, 6) is 0. The first-order valence-electron chi connectivity index (χ1n) is 5.90. The van der Waals surface area contributed by atoms with Gasteiger partial charge in [0.25, 0.3) is 0 Å². The molecule has 3 heteroatoms. The fraction of sp³-hybridized carbons (Fsp3) is 0.286. The second-order valence-electron chi connectivity index (χ2n) is 3.91. The van der Waals surface area contributed by atoms with Gasteiger partial charge in [-0.3, -0.25) is 9.97 Å². The Hall–Kier alpha value is -1.74. The number of aromatic nitrogens is 2. The van der Waals surface area contributed by atoms with Gasteiger partial charge in [0.15, 0.2) is 0 Å². The van der Waals surface area contributed by atoms with Crippen LogP contribution < -0.4 is 5.32 Å². The predicted molar refractivity (Wildman–Crippen MR) is 70.8 cm³/mol. The Bertz CT molecular complexity index is 502. The van der Waals surface area contributed by atoms with E-state index in [2.05, 4.69) is 34.9 Å². The molecule has 0 aliphatic carbocycles. The Morgan fingerprint density at radius 2 is 2.18 bits per heavy atom. The summed E-state index contributed by atoms with van der Waals surface area (Å²) in [7, 11) is 0. The van der Waals surface area contributed by atoms with Crippen molar-refractivity contribution in [2.45, 2.75) is 19.4 Å². The van der Waals surface area contributed by atoms with E-state index in [0.717, 1.165) is 24.0 Å². The summed E-state index contributed by atoms with van der Waals surface area (Å²) in [6, 6.07) is 6.38. The minimum absolute atomic E-state index is 0.262. The maximum atomic E-state index is 4.43. The number of rotatable bonds is 5. The first-order valence-corrected chi connectivity index (χ1v) is 5.90. The van der Waals surface area contributed by atoms with Crippen molar-refractivity contribution < 1.29 is 0 Å². The summed E-state index contributed by atoms with van der Waals surface area (Å²) in [6.45, 7) is 6.84. The van der Waals surface area contributed by atoms with Crippen molar-refractivity contribution in [3.8, 4) is 0 Å². The van der Waals surface area contributed by atoms with Gasteiger partial charge in [0.2, 0.25) is 0 Å². The molecule has 0 bridgehead atoms. The van der Waals surface area contributed by atoms with Crippen molar-refractivity contribution in [1.29, 1.82) is 0 Å². The summed E-state index contributed by atoms with van der Waals surface area (Å²) in [5.41, 5.74) is 3.11. The molecule has 0 fully saturated rings. The van der Waals surface area contributed by atoms with Gasteiger partial charge >= 0.3 is 0 Å². The Labute approximate surface area is 102 Å². The molecular formula is C14H17N3. The quantitative estimate of drug-likeness (QED) is 0.798. The summed E-state index contributed by atoms with van der Waals surface area (Å²) in [6.07, 6.45) is 6.29. The molecule has 0 saturated carbocycles. The Balaban J connectivity index is 2.48. The Morgan fingerprint density at radius 1 is 1.35 bits per heavy atom. The van der Waals surface area contributed by atoms with Crippen LogP contribution in [0.15, 0.2) is 43.2 Å². The van der Waals surface area contributed by atoms with E-state index in [1.54, 1.807) is 12.4 Å². The van der Waals surface area contributed by atoms with Crippen LogP contribution in [-0.2, 0) is 0 Å². The lowest BCUT2D eigenvalue weighted by Crippen LogP contribution is -2.20. The molecular weight excluding hydrogens is 210 g/mol. The molecule has 1 aromatic carbocycles. The molecule has 88 valence electrons. The highest BCUT2D eigenvalue weighted by Crippen LogP contribution is 2.23. The molecule has 2 aromatic rings. The average Bonchev–Trinajstić information content (AvgIpc) is 2.38. The molecule has 2 rings (SSSR count). The van der Waals surface area contributed by atoms with Crippen molar-refractivity contribution in [2.75, 3.05) is 6.54 Å². The fourth-order valence-corrected chi connectivity index (χ4v) is 2.03. The van der Waals surface area contributed by atoms with Crippen LogP contribution in [0.5, 0.6) is 0 Å². The van der Waals surface area contributed by atoms with Crippen LogP contribution in [0.2, 0.25) is 0 Å². The van der Waals surface area contributed by atoms with E-state index >= 15 is 0 Å². The highest BCUT2D eigenvalue weighted by Gasteiger charge is 2.12. The van der Waals surface area contributed by atoms with Gasteiger partial charge in [0.05, 0.1) is 11.0 Å². The largest absolute Gasteiger partial charge is 0.310 e. The Morgan fingerprint density at radius 3 is 2.94 bits per heavy atom. The zero-order valence-corrected chi connectivity index (χ0v) is 10.1. The van der Waals surface area contributed by atoms with Gasteiger partial charge in [0.1, 0.15) is 0 Å². The molecule has 0 saturated heterocycles. The summed E-state index contributed by atoms with van der Waals surface area (Å²) >= 11 is 0. The van der Waals surface area contributed by atoms with Gasteiger partial charge in [-0.1, -0.05) is 25.1 Å². The first-order chi connectivity index (χ1) is 8.36. The minimum atomic E-state index is 0.262. The minimum Gasteiger partial charge on any atom is -0.310 e. The zero-order chi connectivity index (χ0) is 12.1. The molecule has 0 aliphatic heterocycles. The highest BCUT2D eigenvalue weighted by atomic mass is 14.9. The number of hydrogen-bond acceptors (Lipinski definition) is 3. The first kappa shape index (κ1) is 11.7.